The fourth-order valence-electron chi connectivity index (χ4n) is 5.26. The largest absolute Gasteiger partial charge is 0.488 e. The van der Waals surface area contributed by atoms with E-state index in [0.717, 1.165) is 33.3 Å². The van der Waals surface area contributed by atoms with Crippen molar-refractivity contribution in [2.45, 2.75) is 18.8 Å². The number of likely N-dealkylation sites (tertiary alicyclic amines) is 1. The number of aromatic nitrogens is 2. The Morgan fingerprint density at radius 3 is 2.81 bits per heavy atom. The van der Waals surface area contributed by atoms with Crippen molar-refractivity contribution in [3.63, 3.8) is 0 Å². The molecule has 1 aromatic heterocycles. The number of hydrogen-bond acceptors (Lipinski definition) is 6. The number of aliphatic hydroxyl groups excluding tert-OH is 1. The topological polar surface area (TPSA) is 86.3 Å². The minimum atomic E-state index is -0.562. The monoisotopic (exact) mass is 481 g/mol. The van der Waals surface area contributed by atoms with E-state index in [9.17, 15) is 14.8 Å². The number of fused-ring (bicyclic) bond motifs is 3. The summed E-state index contributed by atoms with van der Waals surface area (Å²) in [4.78, 5) is 6.73. The average Bonchev–Trinajstić information content (AvgIpc) is 3.34. The second kappa shape index (κ2) is 8.79. The van der Waals surface area contributed by atoms with Crippen molar-refractivity contribution in [1.29, 1.82) is 5.26 Å². The molecule has 0 spiro atoms. The van der Waals surface area contributed by atoms with Crippen LogP contribution in [0.1, 0.15) is 28.3 Å². The van der Waals surface area contributed by atoms with Crippen LogP contribution in [-0.2, 0) is 6.61 Å². The lowest BCUT2D eigenvalue weighted by molar-refractivity contribution is 0.148. The fraction of sp³-hybridized carbons (Fsp3) is 0.214. The second-order valence-electron chi connectivity index (χ2n) is 9.29. The summed E-state index contributed by atoms with van der Waals surface area (Å²) < 4.78 is 21.9. The molecule has 0 radical (unpaired) electrons. The number of aliphatic hydroxyl groups is 1. The minimum absolute atomic E-state index is 0.215. The molecule has 0 bridgehead atoms. The highest BCUT2D eigenvalue weighted by molar-refractivity contribution is 5.96. The molecule has 2 atom stereocenters. The third kappa shape index (κ3) is 3.79. The quantitative estimate of drug-likeness (QED) is 0.333. The molecule has 0 aliphatic carbocycles. The van der Waals surface area contributed by atoms with Gasteiger partial charge in [0.15, 0.2) is 6.19 Å². The Hall–Kier alpha value is -4.19. The lowest BCUT2D eigenvalue weighted by Crippen LogP contribution is -2.23. The molecule has 2 aliphatic heterocycles. The van der Waals surface area contributed by atoms with Crippen LogP contribution in [0.5, 0.6) is 5.75 Å². The van der Waals surface area contributed by atoms with E-state index in [2.05, 4.69) is 21.3 Å². The Morgan fingerprint density at radius 1 is 1.14 bits per heavy atom. The van der Waals surface area contributed by atoms with Crippen LogP contribution in [0.3, 0.4) is 0 Å². The van der Waals surface area contributed by atoms with Crippen molar-refractivity contribution in [3.8, 4) is 11.9 Å². The zero-order valence-electron chi connectivity index (χ0n) is 19.6. The first-order valence-electron chi connectivity index (χ1n) is 11.8. The summed E-state index contributed by atoms with van der Waals surface area (Å²) in [5.74, 6) is 0.566. The number of anilines is 1. The molecule has 6 rings (SSSR count). The van der Waals surface area contributed by atoms with Crippen LogP contribution in [0.15, 0.2) is 60.7 Å². The highest BCUT2D eigenvalue weighted by Gasteiger charge is 2.33. The minimum Gasteiger partial charge on any atom is -0.488 e. The van der Waals surface area contributed by atoms with E-state index >= 15 is 0 Å². The van der Waals surface area contributed by atoms with Gasteiger partial charge in [0.25, 0.3) is 0 Å². The van der Waals surface area contributed by atoms with Crippen LogP contribution >= 0.6 is 0 Å². The smallest absolute Gasteiger partial charge is 0.217 e. The fourth-order valence-corrected chi connectivity index (χ4v) is 5.26. The van der Waals surface area contributed by atoms with Gasteiger partial charge in [-0.1, -0.05) is 30.3 Å². The van der Waals surface area contributed by atoms with Gasteiger partial charge >= 0.3 is 0 Å². The maximum atomic E-state index is 14.0. The number of ether oxygens (including phenoxy) is 1. The number of nitrogens with one attached hydrogen (secondary N) is 1. The van der Waals surface area contributed by atoms with Gasteiger partial charge in [0.2, 0.25) is 5.95 Å². The summed E-state index contributed by atoms with van der Waals surface area (Å²) in [6, 6.07) is 18.3. The van der Waals surface area contributed by atoms with E-state index in [1.165, 1.54) is 12.1 Å². The number of β-amino-alcohol motifs (C(OH)–C–C–N with tert-alkyl or cyclic N) is 1. The number of likely N-dealkylation sites (N-methyl/N-ethyl adjacent to an activating group) is 1. The third-order valence-corrected chi connectivity index (χ3v) is 6.89. The Morgan fingerprint density at radius 2 is 2.00 bits per heavy atom. The lowest BCUT2D eigenvalue weighted by atomic mass is 9.92. The van der Waals surface area contributed by atoms with Crippen LogP contribution in [0.4, 0.5) is 10.3 Å². The Bertz CT molecular complexity index is 1550. The molecule has 7 nitrogen and oxygen atoms in total. The van der Waals surface area contributed by atoms with Gasteiger partial charge in [-0.05, 0) is 59.7 Å². The Kier molecular flexibility index (Phi) is 5.44. The lowest BCUT2D eigenvalue weighted by Gasteiger charge is -2.18. The van der Waals surface area contributed by atoms with Gasteiger partial charge < -0.3 is 19.3 Å². The average molecular weight is 482 g/mol. The van der Waals surface area contributed by atoms with Crippen LogP contribution in [-0.4, -0.2) is 45.8 Å². The predicted molar refractivity (Wildman–Crippen MR) is 136 cm³/mol. The van der Waals surface area contributed by atoms with Gasteiger partial charge in [-0.3, -0.25) is 5.32 Å². The van der Waals surface area contributed by atoms with Crippen molar-refractivity contribution in [2.24, 2.45) is 0 Å². The van der Waals surface area contributed by atoms with E-state index in [1.54, 1.807) is 6.07 Å². The summed E-state index contributed by atoms with van der Waals surface area (Å²) >= 11 is 0. The molecule has 0 amide bonds. The molecular formula is C28H24FN5O2. The molecule has 8 heteroatoms. The highest BCUT2D eigenvalue weighted by atomic mass is 19.1. The first-order chi connectivity index (χ1) is 17.5. The highest BCUT2D eigenvalue weighted by Crippen LogP contribution is 2.39. The van der Waals surface area contributed by atoms with Crippen molar-refractivity contribution in [1.82, 2.24) is 14.5 Å². The molecule has 3 aromatic carbocycles. The van der Waals surface area contributed by atoms with Gasteiger partial charge in [-0.2, -0.15) is 5.26 Å². The number of rotatable bonds is 3. The summed E-state index contributed by atoms with van der Waals surface area (Å²) in [7, 11) is 1.96. The number of benzene rings is 3. The van der Waals surface area contributed by atoms with Gasteiger partial charge in [-0.25, -0.2) is 9.37 Å². The molecule has 1 saturated heterocycles. The summed E-state index contributed by atoms with van der Waals surface area (Å²) in [5.41, 5.74) is 6.24. The van der Waals surface area contributed by atoms with E-state index in [-0.39, 0.29) is 11.9 Å². The molecule has 36 heavy (non-hydrogen) atoms. The maximum absolute atomic E-state index is 14.0. The summed E-state index contributed by atoms with van der Waals surface area (Å²) in [5, 5.41) is 22.6. The first-order valence-corrected chi connectivity index (χ1v) is 11.8. The van der Waals surface area contributed by atoms with Gasteiger partial charge in [0, 0.05) is 24.7 Å². The van der Waals surface area contributed by atoms with Gasteiger partial charge in [0.05, 0.1) is 23.2 Å². The molecule has 4 aromatic rings. The summed E-state index contributed by atoms with van der Waals surface area (Å²) in [6.07, 6.45) is 3.46. The summed E-state index contributed by atoms with van der Waals surface area (Å²) in [6.45, 7) is 1.57. The van der Waals surface area contributed by atoms with E-state index in [0.29, 0.717) is 36.9 Å². The van der Waals surface area contributed by atoms with Crippen LogP contribution in [0.25, 0.3) is 22.7 Å². The normalized spacial score (nSPS) is 20.4. The molecule has 3 heterocycles. The van der Waals surface area contributed by atoms with Crippen LogP contribution < -0.4 is 10.1 Å². The van der Waals surface area contributed by atoms with Gasteiger partial charge in [0.1, 0.15) is 18.2 Å². The van der Waals surface area contributed by atoms with Crippen molar-refractivity contribution >= 4 is 28.6 Å². The molecule has 2 N–H and O–H groups in total. The number of hydrogen-bond donors (Lipinski definition) is 2. The van der Waals surface area contributed by atoms with Crippen molar-refractivity contribution in [2.75, 3.05) is 25.5 Å². The van der Waals surface area contributed by atoms with E-state index < -0.39 is 6.10 Å². The second-order valence-corrected chi connectivity index (χ2v) is 9.29. The molecule has 1 fully saturated rings. The molecular weight excluding hydrogens is 457 g/mol. The number of nitrogens with zero attached hydrogens (tertiary/aromatic N) is 4. The van der Waals surface area contributed by atoms with Crippen LogP contribution in [0.2, 0.25) is 0 Å². The molecule has 180 valence electrons. The Labute approximate surface area is 207 Å². The zero-order valence-corrected chi connectivity index (χ0v) is 19.6. The van der Waals surface area contributed by atoms with Gasteiger partial charge in [-0.15, -0.1) is 0 Å². The molecule has 2 aliphatic rings. The number of imidazole rings is 1. The zero-order chi connectivity index (χ0) is 24.8. The van der Waals surface area contributed by atoms with Crippen molar-refractivity contribution < 1.29 is 14.2 Å². The number of halogens is 1. The molecule has 0 unspecified atom stereocenters. The standard InChI is InChI=1S/C28H24FN5O2/c1-33-13-25(26(35)14-33)34-24-9-6-17(11-23(24)32-28(34)31-16-30)10-22-20-5-3-2-4-18(20)15-36-27-12-19(29)7-8-21(22)27/h2-12,25-26,35H,13-15H2,1H3,(H,31,32)/t25-,26-/m0/s1. The predicted octanol–water partition coefficient (Wildman–Crippen LogP) is 4.40. The van der Waals surface area contributed by atoms with E-state index in [4.69, 9.17) is 4.74 Å². The van der Waals surface area contributed by atoms with Crippen LogP contribution in [0, 0.1) is 17.3 Å². The van der Waals surface area contributed by atoms with E-state index in [1.807, 2.05) is 60.3 Å². The van der Waals surface area contributed by atoms with Crippen molar-refractivity contribution in [3.05, 3.63) is 88.7 Å². The number of nitriles is 1. The maximum Gasteiger partial charge on any atom is 0.217 e. The molecule has 0 saturated carbocycles. The SMILES string of the molecule is CN1C[C@H](O)[C@@H](n2c(NC#N)nc3cc(C=C4c5ccccc5COc5cc(F)ccc54)ccc32)C1. The third-order valence-electron chi connectivity index (χ3n) is 6.89. The Balaban J connectivity index is 1.50. The first kappa shape index (κ1) is 22.3.